The number of halogens is 2. The Morgan fingerprint density at radius 2 is 1.81 bits per heavy atom. The fourth-order valence-electron chi connectivity index (χ4n) is 3.69. The van der Waals surface area contributed by atoms with Crippen molar-refractivity contribution in [1.29, 1.82) is 0 Å². The van der Waals surface area contributed by atoms with E-state index in [0.717, 1.165) is 5.56 Å². The molecule has 0 heterocycles. The molecule has 0 radical (unpaired) electrons. The van der Waals surface area contributed by atoms with Gasteiger partial charge in [0.05, 0.1) is 16.8 Å². The van der Waals surface area contributed by atoms with Crippen LogP contribution in [-0.4, -0.2) is 33.4 Å². The number of hydrogen-bond donors (Lipinski definition) is 1. The summed E-state index contributed by atoms with van der Waals surface area (Å²) in [5, 5.41) is 0.399. The summed E-state index contributed by atoms with van der Waals surface area (Å²) in [6.45, 7) is 2.87. The Kier molecular flexibility index (Phi) is 5.66. The predicted octanol–water partition coefficient (Wildman–Crippen LogP) is 3.91. The smallest absolute Gasteiger partial charge is 0.182 e. The molecule has 0 spiro atoms. The minimum atomic E-state index is -3.60. The Balaban J connectivity index is 2.05. The van der Waals surface area contributed by atoms with Crippen LogP contribution in [0.4, 0.5) is 0 Å². The highest BCUT2D eigenvalue weighted by Crippen LogP contribution is 2.63. The Morgan fingerprint density at radius 3 is 2.38 bits per heavy atom. The minimum Gasteiger partial charge on any atom is -0.381 e. The Hall–Kier alpha value is -1.11. The van der Waals surface area contributed by atoms with Gasteiger partial charge in [-0.25, -0.2) is 8.42 Å². The molecule has 0 bridgehead atoms. The predicted molar refractivity (Wildman–Crippen MR) is 105 cm³/mol. The molecule has 1 fully saturated rings. The van der Waals surface area contributed by atoms with Gasteiger partial charge in [-0.3, -0.25) is 0 Å². The van der Waals surface area contributed by atoms with E-state index in [1.807, 2.05) is 19.1 Å². The first-order chi connectivity index (χ1) is 12.4. The van der Waals surface area contributed by atoms with E-state index in [0.29, 0.717) is 16.7 Å². The molecule has 0 aromatic heterocycles. The normalized spacial score (nSPS) is 25.2. The van der Waals surface area contributed by atoms with Gasteiger partial charge in [0, 0.05) is 34.5 Å². The van der Waals surface area contributed by atoms with E-state index in [-0.39, 0.29) is 24.0 Å². The van der Waals surface area contributed by atoms with E-state index in [9.17, 15) is 8.42 Å². The lowest BCUT2D eigenvalue weighted by Gasteiger charge is -2.16. The van der Waals surface area contributed by atoms with Crippen molar-refractivity contribution in [2.24, 2.45) is 11.1 Å². The van der Waals surface area contributed by atoms with Gasteiger partial charge in [-0.2, -0.15) is 0 Å². The van der Waals surface area contributed by atoms with Gasteiger partial charge in [0.1, 0.15) is 0 Å². The van der Waals surface area contributed by atoms with Crippen LogP contribution in [0.2, 0.25) is 10.0 Å². The van der Waals surface area contributed by atoms with Crippen LogP contribution in [0.1, 0.15) is 18.4 Å². The van der Waals surface area contributed by atoms with E-state index < -0.39 is 20.5 Å². The van der Waals surface area contributed by atoms with Gasteiger partial charge in [-0.15, -0.1) is 0 Å². The summed E-state index contributed by atoms with van der Waals surface area (Å²) in [6.07, 6.45) is 0. The van der Waals surface area contributed by atoms with Gasteiger partial charge >= 0.3 is 0 Å². The van der Waals surface area contributed by atoms with E-state index >= 15 is 0 Å². The molecular formula is C19H21Cl2NO3S. The molecule has 0 amide bonds. The third-order valence-electron chi connectivity index (χ3n) is 5.02. The summed E-state index contributed by atoms with van der Waals surface area (Å²) in [6, 6.07) is 13.5. The van der Waals surface area contributed by atoms with Crippen LogP contribution in [0.25, 0.3) is 0 Å². The summed E-state index contributed by atoms with van der Waals surface area (Å²) < 4.78 is 32.3. The zero-order chi connectivity index (χ0) is 18.9. The number of ether oxygens (including phenoxy) is 1. The second-order valence-corrected chi connectivity index (χ2v) is 9.47. The topological polar surface area (TPSA) is 69.4 Å². The van der Waals surface area contributed by atoms with Crippen molar-refractivity contribution in [2.75, 3.05) is 19.8 Å². The maximum atomic E-state index is 13.3. The number of benzene rings is 2. The second kappa shape index (κ2) is 7.49. The number of hydrogen-bond acceptors (Lipinski definition) is 4. The lowest BCUT2D eigenvalue weighted by atomic mass is 10.00. The summed E-state index contributed by atoms with van der Waals surface area (Å²) in [4.78, 5) is 0.241. The Bertz CT molecular complexity index is 886. The molecule has 140 valence electrons. The third-order valence-corrected chi connectivity index (χ3v) is 7.85. The average molecular weight is 414 g/mol. The van der Waals surface area contributed by atoms with Gasteiger partial charge in [-0.1, -0.05) is 35.3 Å². The van der Waals surface area contributed by atoms with Crippen LogP contribution in [0.15, 0.2) is 53.4 Å². The molecule has 26 heavy (non-hydrogen) atoms. The van der Waals surface area contributed by atoms with Crippen LogP contribution >= 0.6 is 23.2 Å². The fourth-order valence-corrected chi connectivity index (χ4v) is 6.46. The molecule has 2 N–H and O–H groups in total. The fraction of sp³-hybridized carbons (Fsp3) is 0.368. The molecule has 3 atom stereocenters. The molecule has 2 aromatic carbocycles. The first-order valence-electron chi connectivity index (χ1n) is 8.39. The Labute approximate surface area is 164 Å². The van der Waals surface area contributed by atoms with Crippen molar-refractivity contribution in [2.45, 2.75) is 23.0 Å². The van der Waals surface area contributed by atoms with Crippen LogP contribution in [0.3, 0.4) is 0 Å². The van der Waals surface area contributed by atoms with Crippen molar-refractivity contribution in [1.82, 2.24) is 0 Å². The highest BCUT2D eigenvalue weighted by molar-refractivity contribution is 7.92. The van der Waals surface area contributed by atoms with E-state index in [4.69, 9.17) is 33.7 Å². The van der Waals surface area contributed by atoms with Crippen LogP contribution in [-0.2, 0) is 14.6 Å². The van der Waals surface area contributed by atoms with Crippen molar-refractivity contribution < 1.29 is 13.2 Å². The molecule has 3 rings (SSSR count). The molecule has 1 saturated carbocycles. The van der Waals surface area contributed by atoms with Crippen LogP contribution in [0.5, 0.6) is 0 Å². The van der Waals surface area contributed by atoms with Gasteiger partial charge < -0.3 is 10.5 Å². The molecule has 0 unspecified atom stereocenters. The summed E-state index contributed by atoms with van der Waals surface area (Å²) >= 11 is 12.0. The number of sulfone groups is 1. The maximum absolute atomic E-state index is 13.3. The van der Waals surface area contributed by atoms with Crippen LogP contribution in [0, 0.1) is 5.41 Å². The third kappa shape index (κ3) is 3.39. The van der Waals surface area contributed by atoms with Gasteiger partial charge in [0.25, 0.3) is 0 Å². The van der Waals surface area contributed by atoms with E-state index in [2.05, 4.69) is 0 Å². The summed E-state index contributed by atoms with van der Waals surface area (Å²) in [7, 11) is -3.60. The molecule has 1 aliphatic carbocycles. The highest BCUT2D eigenvalue weighted by Gasteiger charge is 2.70. The molecular weight excluding hydrogens is 393 g/mol. The van der Waals surface area contributed by atoms with Crippen molar-refractivity contribution in [3.05, 3.63) is 64.1 Å². The average Bonchev–Trinajstić information content (AvgIpc) is 3.31. The molecule has 7 heteroatoms. The zero-order valence-corrected chi connectivity index (χ0v) is 16.7. The monoisotopic (exact) mass is 413 g/mol. The zero-order valence-electron chi connectivity index (χ0n) is 14.4. The largest absolute Gasteiger partial charge is 0.381 e. The first kappa shape index (κ1) is 19.6. The molecule has 0 saturated heterocycles. The lowest BCUT2D eigenvalue weighted by molar-refractivity contribution is 0.101. The lowest BCUT2D eigenvalue weighted by Crippen LogP contribution is -2.29. The quantitative estimate of drug-likeness (QED) is 0.746. The minimum absolute atomic E-state index is 0.210. The van der Waals surface area contributed by atoms with Crippen molar-refractivity contribution in [3.8, 4) is 0 Å². The van der Waals surface area contributed by atoms with E-state index in [1.165, 1.54) is 12.1 Å². The van der Waals surface area contributed by atoms with E-state index in [1.54, 1.807) is 24.3 Å². The maximum Gasteiger partial charge on any atom is 0.182 e. The summed E-state index contributed by atoms with van der Waals surface area (Å²) in [5.41, 5.74) is 6.26. The van der Waals surface area contributed by atoms with Gasteiger partial charge in [-0.05, 0) is 48.9 Å². The van der Waals surface area contributed by atoms with Crippen molar-refractivity contribution in [3.63, 3.8) is 0 Å². The summed E-state index contributed by atoms with van der Waals surface area (Å²) in [5.74, 6) is -0.265. The van der Waals surface area contributed by atoms with Gasteiger partial charge in [0.2, 0.25) is 0 Å². The van der Waals surface area contributed by atoms with Crippen LogP contribution < -0.4 is 5.73 Å². The second-order valence-electron chi connectivity index (χ2n) is 6.53. The number of nitrogens with two attached hydrogens (primary N) is 1. The van der Waals surface area contributed by atoms with Gasteiger partial charge in [0.15, 0.2) is 9.84 Å². The molecule has 0 aliphatic heterocycles. The molecule has 1 aliphatic rings. The SMILES string of the molecule is CCOC[C@]1(CN)[C@H](c2cccc(Cl)c2)[C@@H]1S(=O)(=O)c1ccc(Cl)cc1. The standard InChI is InChI=1S/C19H21Cl2NO3S/c1-2-25-12-19(11-22)17(13-4-3-5-15(21)10-13)18(19)26(23,24)16-8-6-14(20)7-9-16/h3-10,17-18H,2,11-12,22H2,1H3/t17-,18+,19-/m1/s1. The Morgan fingerprint density at radius 1 is 1.12 bits per heavy atom. The number of rotatable bonds is 7. The first-order valence-corrected chi connectivity index (χ1v) is 10.7. The highest BCUT2D eigenvalue weighted by atomic mass is 35.5. The molecule has 4 nitrogen and oxygen atoms in total. The van der Waals surface area contributed by atoms with Crippen molar-refractivity contribution >= 4 is 33.0 Å². The molecule has 2 aromatic rings.